The number of aliphatic hydroxyl groups is 1. The maximum atomic E-state index is 9.93. The molecule has 1 unspecified atom stereocenters. The van der Waals surface area contributed by atoms with E-state index in [-0.39, 0.29) is 6.61 Å². The highest BCUT2D eigenvalue weighted by atomic mass is 79.9. The van der Waals surface area contributed by atoms with Crippen LogP contribution in [0.25, 0.3) is 0 Å². The van der Waals surface area contributed by atoms with Crippen LogP contribution in [0.15, 0.2) is 59.1 Å². The van der Waals surface area contributed by atoms with Gasteiger partial charge in [-0.15, -0.1) is 0 Å². The molecule has 88 valence electrons. The summed E-state index contributed by atoms with van der Waals surface area (Å²) in [5.74, 6) is 0.767. The van der Waals surface area contributed by atoms with Crippen molar-refractivity contribution in [3.63, 3.8) is 0 Å². The van der Waals surface area contributed by atoms with E-state index in [1.54, 1.807) is 0 Å². The summed E-state index contributed by atoms with van der Waals surface area (Å²) in [5.41, 5.74) is 0.851. The highest BCUT2D eigenvalue weighted by Crippen LogP contribution is 2.18. The molecule has 1 N–H and O–H groups in total. The molecule has 0 aliphatic heterocycles. The summed E-state index contributed by atoms with van der Waals surface area (Å²) in [4.78, 5) is 0. The first-order chi connectivity index (χ1) is 8.25. The number of hydrogen-bond donors (Lipinski definition) is 1. The number of rotatable bonds is 4. The number of para-hydroxylation sites is 1. The Hall–Kier alpha value is -1.32. The maximum absolute atomic E-state index is 9.93. The first-order valence-corrected chi connectivity index (χ1v) is 6.16. The zero-order valence-corrected chi connectivity index (χ0v) is 10.8. The van der Waals surface area contributed by atoms with Gasteiger partial charge < -0.3 is 9.84 Å². The monoisotopic (exact) mass is 292 g/mol. The zero-order chi connectivity index (χ0) is 12.1. The Balaban J connectivity index is 1.93. The van der Waals surface area contributed by atoms with Gasteiger partial charge in [0.2, 0.25) is 0 Å². The molecule has 2 nitrogen and oxygen atoms in total. The smallest absolute Gasteiger partial charge is 0.119 e. The van der Waals surface area contributed by atoms with Crippen molar-refractivity contribution in [2.45, 2.75) is 6.10 Å². The lowest BCUT2D eigenvalue weighted by atomic mass is 10.1. The standard InChI is InChI=1S/C14H13BrO2/c15-12-8-6-11(7-9-12)14(16)10-17-13-4-2-1-3-5-13/h1-9,14,16H,10H2. The largest absolute Gasteiger partial charge is 0.491 e. The van der Waals surface area contributed by atoms with Crippen LogP contribution in [-0.4, -0.2) is 11.7 Å². The second kappa shape index (κ2) is 5.84. The van der Waals surface area contributed by atoms with Gasteiger partial charge in [0.15, 0.2) is 0 Å². The van der Waals surface area contributed by atoms with E-state index in [4.69, 9.17) is 4.74 Å². The molecule has 17 heavy (non-hydrogen) atoms. The van der Waals surface area contributed by atoms with Gasteiger partial charge in [0.1, 0.15) is 18.5 Å². The summed E-state index contributed by atoms with van der Waals surface area (Å²) in [6, 6.07) is 17.0. The molecule has 2 aromatic rings. The quantitative estimate of drug-likeness (QED) is 0.934. The molecule has 0 fully saturated rings. The van der Waals surface area contributed by atoms with E-state index in [9.17, 15) is 5.11 Å². The number of halogens is 1. The van der Waals surface area contributed by atoms with Crippen molar-refractivity contribution < 1.29 is 9.84 Å². The molecule has 0 aromatic heterocycles. The Labute approximate surface area is 109 Å². The van der Waals surface area contributed by atoms with E-state index in [1.165, 1.54) is 0 Å². The summed E-state index contributed by atoms with van der Waals surface area (Å²) in [6.07, 6.45) is -0.608. The number of aliphatic hydroxyl groups excluding tert-OH is 1. The minimum absolute atomic E-state index is 0.256. The minimum atomic E-state index is -0.608. The van der Waals surface area contributed by atoms with Gasteiger partial charge in [-0.3, -0.25) is 0 Å². The first-order valence-electron chi connectivity index (χ1n) is 5.37. The second-order valence-electron chi connectivity index (χ2n) is 3.69. The lowest BCUT2D eigenvalue weighted by Gasteiger charge is -2.12. The van der Waals surface area contributed by atoms with Crippen molar-refractivity contribution in [2.24, 2.45) is 0 Å². The molecule has 0 bridgehead atoms. The Morgan fingerprint density at radius 3 is 2.29 bits per heavy atom. The van der Waals surface area contributed by atoms with Gasteiger partial charge in [-0.2, -0.15) is 0 Å². The molecule has 0 saturated heterocycles. The molecule has 3 heteroatoms. The topological polar surface area (TPSA) is 29.5 Å². The lowest BCUT2D eigenvalue weighted by molar-refractivity contribution is 0.108. The van der Waals surface area contributed by atoms with Crippen LogP contribution in [0.2, 0.25) is 0 Å². The van der Waals surface area contributed by atoms with Crippen molar-refractivity contribution >= 4 is 15.9 Å². The molecule has 1 atom stereocenters. The van der Waals surface area contributed by atoms with Gasteiger partial charge in [-0.05, 0) is 29.8 Å². The third-order valence-electron chi connectivity index (χ3n) is 2.41. The average Bonchev–Trinajstić information content (AvgIpc) is 2.38. The molecular weight excluding hydrogens is 280 g/mol. The van der Waals surface area contributed by atoms with Crippen molar-refractivity contribution in [1.82, 2.24) is 0 Å². The van der Waals surface area contributed by atoms with Gasteiger partial charge in [-0.1, -0.05) is 46.3 Å². The van der Waals surface area contributed by atoms with E-state index in [2.05, 4.69) is 15.9 Å². The van der Waals surface area contributed by atoms with Crippen LogP contribution in [0.4, 0.5) is 0 Å². The molecule has 0 spiro atoms. The van der Waals surface area contributed by atoms with Crippen molar-refractivity contribution in [3.05, 3.63) is 64.6 Å². The van der Waals surface area contributed by atoms with Gasteiger partial charge in [0, 0.05) is 4.47 Å². The fraction of sp³-hybridized carbons (Fsp3) is 0.143. The van der Waals surface area contributed by atoms with Crippen LogP contribution in [-0.2, 0) is 0 Å². The third kappa shape index (κ3) is 3.58. The van der Waals surface area contributed by atoms with Crippen LogP contribution in [0.1, 0.15) is 11.7 Å². The summed E-state index contributed by atoms with van der Waals surface area (Å²) in [5, 5.41) is 9.93. The zero-order valence-electron chi connectivity index (χ0n) is 9.21. The lowest BCUT2D eigenvalue weighted by Crippen LogP contribution is -2.09. The minimum Gasteiger partial charge on any atom is -0.491 e. The predicted octanol–water partition coefficient (Wildman–Crippen LogP) is 3.56. The van der Waals surface area contributed by atoms with E-state index >= 15 is 0 Å². The van der Waals surface area contributed by atoms with Crippen molar-refractivity contribution in [3.8, 4) is 5.75 Å². The molecule has 0 aliphatic rings. The van der Waals surface area contributed by atoms with Crippen LogP contribution in [0, 0.1) is 0 Å². The number of ether oxygens (including phenoxy) is 1. The average molecular weight is 293 g/mol. The first kappa shape index (κ1) is 12.1. The molecule has 0 saturated carbocycles. The molecule has 0 amide bonds. The SMILES string of the molecule is OC(COc1ccccc1)c1ccc(Br)cc1. The molecule has 0 heterocycles. The summed E-state index contributed by atoms with van der Waals surface area (Å²) in [6.45, 7) is 0.256. The van der Waals surface area contributed by atoms with Crippen LogP contribution in [0.5, 0.6) is 5.75 Å². The van der Waals surface area contributed by atoms with E-state index in [0.29, 0.717) is 0 Å². The normalized spacial score (nSPS) is 12.1. The summed E-state index contributed by atoms with van der Waals surface area (Å²) < 4.78 is 6.49. The maximum Gasteiger partial charge on any atom is 0.119 e. The number of benzene rings is 2. The Kier molecular flexibility index (Phi) is 4.18. The fourth-order valence-corrected chi connectivity index (χ4v) is 1.74. The Morgan fingerprint density at radius 2 is 1.65 bits per heavy atom. The van der Waals surface area contributed by atoms with E-state index in [0.717, 1.165) is 15.8 Å². The number of hydrogen-bond acceptors (Lipinski definition) is 2. The fourth-order valence-electron chi connectivity index (χ4n) is 1.47. The molecule has 2 aromatic carbocycles. The van der Waals surface area contributed by atoms with Gasteiger partial charge in [0.05, 0.1) is 0 Å². The van der Waals surface area contributed by atoms with Gasteiger partial charge >= 0.3 is 0 Å². The van der Waals surface area contributed by atoms with Crippen molar-refractivity contribution in [1.29, 1.82) is 0 Å². The highest BCUT2D eigenvalue weighted by molar-refractivity contribution is 9.10. The van der Waals surface area contributed by atoms with E-state index in [1.807, 2.05) is 54.6 Å². The summed E-state index contributed by atoms with van der Waals surface area (Å²) in [7, 11) is 0. The van der Waals surface area contributed by atoms with Crippen LogP contribution >= 0.6 is 15.9 Å². The molecule has 0 radical (unpaired) electrons. The second-order valence-corrected chi connectivity index (χ2v) is 4.61. The molecule has 0 aliphatic carbocycles. The molecule has 2 rings (SSSR count). The predicted molar refractivity (Wildman–Crippen MR) is 71.0 cm³/mol. The van der Waals surface area contributed by atoms with E-state index < -0.39 is 6.10 Å². The van der Waals surface area contributed by atoms with Gasteiger partial charge in [0.25, 0.3) is 0 Å². The third-order valence-corrected chi connectivity index (χ3v) is 2.93. The van der Waals surface area contributed by atoms with Crippen molar-refractivity contribution in [2.75, 3.05) is 6.61 Å². The Morgan fingerprint density at radius 1 is 1.00 bits per heavy atom. The van der Waals surface area contributed by atoms with Crippen LogP contribution < -0.4 is 4.74 Å². The van der Waals surface area contributed by atoms with Crippen LogP contribution in [0.3, 0.4) is 0 Å². The molecular formula is C14H13BrO2. The Bertz CT molecular complexity index is 453. The highest BCUT2D eigenvalue weighted by Gasteiger charge is 2.07. The summed E-state index contributed by atoms with van der Waals surface area (Å²) >= 11 is 3.36. The van der Waals surface area contributed by atoms with Gasteiger partial charge in [-0.25, -0.2) is 0 Å².